The summed E-state index contributed by atoms with van der Waals surface area (Å²) in [4.78, 5) is 99.1. The molecule has 482 valence electrons. The van der Waals surface area contributed by atoms with Crippen LogP contribution >= 0.6 is 102 Å². The van der Waals surface area contributed by atoms with Gasteiger partial charge in [0.15, 0.2) is 42.7 Å². The first-order valence-electron chi connectivity index (χ1n) is 26.8. The number of aromatic amines is 6. The van der Waals surface area contributed by atoms with Gasteiger partial charge < -0.3 is 29.7 Å². The van der Waals surface area contributed by atoms with E-state index in [2.05, 4.69) is 152 Å². The van der Waals surface area contributed by atoms with E-state index in [1.807, 2.05) is 50.5 Å². The molecule has 26 nitrogen and oxygen atoms in total. The van der Waals surface area contributed by atoms with Gasteiger partial charge in [-0.1, -0.05) is 126 Å². The highest BCUT2D eigenvalue weighted by Crippen LogP contribution is 2.61. The van der Waals surface area contributed by atoms with E-state index in [0.717, 1.165) is 16.7 Å². The molecule has 4 aromatic carbocycles. The van der Waals surface area contributed by atoms with Gasteiger partial charge >= 0.3 is 5.20 Å². The molecule has 0 radical (unpaired) electrons. The second kappa shape index (κ2) is 39.2. The van der Waals surface area contributed by atoms with E-state index in [9.17, 15) is 48.9 Å². The summed E-state index contributed by atoms with van der Waals surface area (Å²) in [7, 11) is 3.07. The lowest BCUT2D eigenvalue weighted by Crippen LogP contribution is -2.21. The minimum absolute atomic E-state index is 0.0855. The predicted octanol–water partition coefficient (Wildman–Crippen LogP) is 15.3. The van der Waals surface area contributed by atoms with E-state index in [1.54, 1.807) is 51.1 Å². The molecule has 6 heterocycles. The number of alkyl halides is 2. The Kier molecular flexibility index (Phi) is 32.7. The smallest absolute Gasteiger partial charge is 0.339 e. The third-order valence-corrected chi connectivity index (χ3v) is 14.7. The van der Waals surface area contributed by atoms with Gasteiger partial charge in [0.25, 0.3) is 28.2 Å². The summed E-state index contributed by atoms with van der Waals surface area (Å²) < 4.78 is 25.3. The normalized spacial score (nSPS) is 10.5. The molecule has 10 rings (SSSR count). The maximum absolute atomic E-state index is 11.8. The molecule has 10 aromatic rings. The summed E-state index contributed by atoms with van der Waals surface area (Å²) in [5, 5.41) is 31.0. The molecule has 0 spiro atoms. The number of imidazole rings is 3. The molecule has 0 aliphatic heterocycles. The van der Waals surface area contributed by atoms with E-state index in [0.29, 0.717) is 82.5 Å². The number of halogens is 6. The quantitative estimate of drug-likeness (QED) is 0.00860. The van der Waals surface area contributed by atoms with Crippen molar-refractivity contribution in [3.63, 3.8) is 0 Å². The number of nitrogens with zero attached hydrogens (tertiary/aromatic N) is 11. The van der Waals surface area contributed by atoms with Gasteiger partial charge in [0.05, 0.1) is 42.3 Å². The third kappa shape index (κ3) is 26.3. The number of fused-ring (bicyclic) bond motifs is 3. The lowest BCUT2D eigenvalue weighted by molar-refractivity contribution is -0.385. The van der Waals surface area contributed by atoms with E-state index < -0.39 is 17.3 Å². The fourth-order valence-corrected chi connectivity index (χ4v) is 9.50. The number of thioether (sulfide) groups is 2. The molecule has 90 heavy (non-hydrogen) atoms. The Balaban J connectivity index is 0.000000290. The van der Waals surface area contributed by atoms with E-state index in [1.165, 1.54) is 73.9 Å². The summed E-state index contributed by atoms with van der Waals surface area (Å²) in [6.07, 6.45) is 4.35. The lowest BCUT2D eigenvalue weighted by atomic mass is 10.1. The van der Waals surface area contributed by atoms with Crippen LogP contribution in [0, 0.1) is 55.9 Å². The van der Waals surface area contributed by atoms with Crippen LogP contribution in [0.1, 0.15) is 55.5 Å². The number of aromatic nitrogens is 12. The van der Waals surface area contributed by atoms with Crippen molar-refractivity contribution in [3.8, 4) is 0 Å². The molecule has 0 saturated carbocycles. The summed E-state index contributed by atoms with van der Waals surface area (Å²) >= 11 is 30.5. The Morgan fingerprint density at radius 1 is 0.656 bits per heavy atom. The fourth-order valence-electron chi connectivity index (χ4n) is 7.12. The maximum atomic E-state index is 11.8. The van der Waals surface area contributed by atoms with Crippen molar-refractivity contribution in [2.24, 2.45) is 0 Å². The third-order valence-electron chi connectivity index (χ3n) is 11.7. The second-order valence-electron chi connectivity index (χ2n) is 18.0. The monoisotopic (exact) mass is 1460 g/mol. The van der Waals surface area contributed by atoms with Crippen LogP contribution in [0.5, 0.6) is 0 Å². The van der Waals surface area contributed by atoms with Gasteiger partial charge in [-0.25, -0.2) is 29.9 Å². The fraction of sp³-hybridized carbons (Fsp3) is 0.278. The Hall–Kier alpha value is -7.19. The number of anilines is 1. The van der Waals surface area contributed by atoms with Crippen molar-refractivity contribution in [1.82, 2.24) is 64.7 Å². The molecule has 36 heteroatoms. The Morgan fingerprint density at radius 3 is 1.54 bits per heavy atom. The van der Waals surface area contributed by atoms with Crippen LogP contribution in [0.3, 0.4) is 0 Å². The van der Waals surface area contributed by atoms with Gasteiger partial charge in [-0.15, -0.1) is 0 Å². The van der Waals surface area contributed by atoms with Crippen LogP contribution in [0.4, 0.5) is 27.1 Å². The minimum Gasteiger partial charge on any atom is -0.378 e. The molecular formula is C54H62BrCl4FN17O9PS3. The largest absolute Gasteiger partial charge is 0.378 e. The average Bonchev–Trinajstić information content (AvgIpc) is 2.21. The molecule has 0 aliphatic rings. The van der Waals surface area contributed by atoms with Crippen LogP contribution in [0.25, 0.3) is 33.5 Å². The number of nitro benzene ring substituents is 3. The molecule has 0 unspecified atom stereocenters. The number of hydrogen-bond donors (Lipinski definition) is 6. The standard InChI is InChI=1S/C13H10ClN5O2S.C13H11N5O3S.C8H8BrNO2.C8H11N.C6H15N.C5H4N4OS.CH3F.Cl3OP/c1-7-2-3-8(4-9(7)19(20)21)5-22-13-17-11(14)10-12(18-13)16-6-15-10;1-7-2-3-8(4-9(7)18(20)21)5-22-13-16-11-10(12(19)17-13)14-6-15-11;1-6-2-3-7(5-9)4-8(6)10(11)12;1-9(2)8-6-4-3-5-7-8;1-4-7(5-2)6-3;10-4-2-3(7-1-6-2)8-5(11)9-4;1-2;1-5(2,3)4/h2-4,6H,5H2,1H3,(H,15,16,17,18);2-4,6H,5H2,1H3,(H2,14,15,16,17,19);2-4H,5H2,1H3;3-7H,1-2H3;4-6H2,1-3H3;1H,(H3,6,7,8,9,10,11);1H3;/i;;;;;;1D;. The summed E-state index contributed by atoms with van der Waals surface area (Å²) in [6, 6.07) is 25.7. The number of para-hydroxylation sites is 1. The van der Waals surface area contributed by atoms with Crippen molar-refractivity contribution in [3.05, 3.63) is 198 Å². The Labute approximate surface area is 557 Å². The van der Waals surface area contributed by atoms with E-state index >= 15 is 0 Å². The maximum Gasteiger partial charge on any atom is 0.339 e. The van der Waals surface area contributed by atoms with Crippen molar-refractivity contribution in [2.75, 3.05) is 45.8 Å². The van der Waals surface area contributed by atoms with Gasteiger partial charge in [-0.3, -0.25) is 58.9 Å². The molecule has 0 aliphatic carbocycles. The van der Waals surface area contributed by atoms with Crippen LogP contribution < -0.4 is 16.0 Å². The summed E-state index contributed by atoms with van der Waals surface area (Å²) in [5.41, 5.74) is 8.24. The van der Waals surface area contributed by atoms with Gasteiger partial charge in [-0.05, 0) is 115 Å². The Morgan fingerprint density at radius 2 is 1.09 bits per heavy atom. The Bertz CT molecular complexity index is 4190. The number of H-pyrrole nitrogens is 6. The van der Waals surface area contributed by atoms with Crippen LogP contribution in [0.15, 0.2) is 124 Å². The highest BCUT2D eigenvalue weighted by molar-refractivity contribution is 9.08. The molecule has 0 atom stereocenters. The first-order valence-corrected chi connectivity index (χ1v) is 34.4. The lowest BCUT2D eigenvalue weighted by Gasteiger charge is -2.13. The number of hydrogen-bond acceptors (Lipinski definition) is 20. The SMILES string of the molecule is CCN(CC)CC.CN(C)c1ccccc1.Cc1ccc(CBr)cc1[N+](=O)[O-].Cc1ccc(CSc2nc(Cl)c3[nH]cnc3n2)cc1[N+](=O)[O-].Cc1ccc(CSc2nc3nc[nH]c3c(=O)[nH]2)cc1[N+](=O)[O-].O=P(Cl)(Cl)Cl.O=c1[nH]c(=S)[nH]c2nc[nH]c12.[2H]CF. The average molecular weight is 1460 g/mol. The number of nitro groups is 3. The van der Waals surface area contributed by atoms with Gasteiger partial charge in [0.2, 0.25) is 0 Å². The molecular weight excluding hydrogens is 1400 g/mol. The molecule has 6 N–H and O–H groups in total. The summed E-state index contributed by atoms with van der Waals surface area (Å²) in [6.45, 7) is 15.3. The van der Waals surface area contributed by atoms with Crippen molar-refractivity contribution in [2.45, 2.75) is 68.7 Å². The van der Waals surface area contributed by atoms with E-state index in [4.69, 9.17) is 25.2 Å². The summed E-state index contributed by atoms with van der Waals surface area (Å²) in [5.74, 6) is 0.966. The van der Waals surface area contributed by atoms with Crippen molar-refractivity contribution in [1.29, 1.82) is 0 Å². The highest BCUT2D eigenvalue weighted by Gasteiger charge is 2.15. The predicted molar refractivity (Wildman–Crippen MR) is 365 cm³/mol. The minimum atomic E-state index is -3.22. The van der Waals surface area contributed by atoms with Crippen LogP contribution in [-0.2, 0) is 21.4 Å². The second-order valence-corrected chi connectivity index (χ2v) is 27.9. The van der Waals surface area contributed by atoms with Crippen molar-refractivity contribution >= 4 is 158 Å². The molecule has 0 amide bonds. The highest BCUT2D eigenvalue weighted by atomic mass is 79.9. The van der Waals surface area contributed by atoms with Gasteiger partial charge in [-0.2, -0.15) is 0 Å². The first-order chi connectivity index (χ1) is 43.1. The number of nitrogens with one attached hydrogen (secondary N) is 6. The van der Waals surface area contributed by atoms with Crippen LogP contribution in [0.2, 0.25) is 5.15 Å². The van der Waals surface area contributed by atoms with E-state index in [-0.39, 0.29) is 42.8 Å². The zero-order chi connectivity index (χ0) is 68.0. The van der Waals surface area contributed by atoms with Crippen molar-refractivity contribution < 1.29 is 25.1 Å². The molecule has 0 bridgehead atoms. The number of aryl methyl sites for hydroxylation is 3. The number of rotatable bonds is 14. The number of benzene rings is 4. The molecule has 0 saturated heterocycles. The topological polar surface area (TPSA) is 359 Å². The zero-order valence-corrected chi connectivity index (χ0v) is 57.3. The van der Waals surface area contributed by atoms with Gasteiger partial charge in [0, 0.05) is 71.5 Å². The zero-order valence-electron chi connectivity index (χ0n) is 50.3. The molecule has 0 fully saturated rings. The van der Waals surface area contributed by atoms with Crippen LogP contribution in [-0.4, -0.2) is 120 Å². The molecule has 6 aromatic heterocycles. The van der Waals surface area contributed by atoms with Gasteiger partial charge in [0.1, 0.15) is 11.0 Å². The first kappa shape index (κ1) is 75.3.